The number of hydrogen-bond donors (Lipinski definition) is 2. The van der Waals surface area contributed by atoms with Gasteiger partial charge in [0, 0.05) is 13.0 Å². The SMILES string of the molecule is CCOCCc1nc(O)c(I)c(=O)[nH]1. The number of H-pyrrole nitrogens is 1. The maximum absolute atomic E-state index is 11.2. The van der Waals surface area contributed by atoms with Crippen molar-refractivity contribution in [2.45, 2.75) is 13.3 Å². The molecule has 0 fully saturated rings. The molecule has 0 amide bonds. The van der Waals surface area contributed by atoms with E-state index in [9.17, 15) is 9.90 Å². The summed E-state index contributed by atoms with van der Waals surface area (Å²) < 4.78 is 5.31. The zero-order valence-electron chi connectivity index (χ0n) is 7.71. The van der Waals surface area contributed by atoms with Gasteiger partial charge < -0.3 is 14.8 Å². The molecule has 0 saturated heterocycles. The average Bonchev–Trinajstić information content (AvgIpc) is 2.14. The molecule has 0 aliphatic rings. The number of aromatic hydroxyl groups is 1. The van der Waals surface area contributed by atoms with Crippen LogP contribution in [0.2, 0.25) is 0 Å². The molecule has 1 heterocycles. The van der Waals surface area contributed by atoms with Crippen LogP contribution in [0.25, 0.3) is 0 Å². The van der Waals surface area contributed by atoms with Crippen molar-refractivity contribution < 1.29 is 9.84 Å². The molecule has 1 rings (SSSR count). The van der Waals surface area contributed by atoms with Gasteiger partial charge in [-0.3, -0.25) is 4.79 Å². The molecule has 0 bridgehead atoms. The fourth-order valence-corrected chi connectivity index (χ4v) is 1.18. The molecule has 1 aromatic heterocycles. The van der Waals surface area contributed by atoms with E-state index in [1.54, 1.807) is 22.6 Å². The Morgan fingerprint density at radius 1 is 1.64 bits per heavy atom. The van der Waals surface area contributed by atoms with Gasteiger partial charge in [0.05, 0.1) is 6.61 Å². The van der Waals surface area contributed by atoms with Gasteiger partial charge in [0.2, 0.25) is 5.88 Å². The van der Waals surface area contributed by atoms with Crippen LogP contribution < -0.4 is 5.56 Å². The Morgan fingerprint density at radius 3 is 2.93 bits per heavy atom. The zero-order chi connectivity index (χ0) is 10.6. The Hall–Kier alpha value is -0.630. The largest absolute Gasteiger partial charge is 0.492 e. The molecular weight excluding hydrogens is 299 g/mol. The molecule has 0 saturated carbocycles. The Labute approximate surface area is 94.7 Å². The minimum Gasteiger partial charge on any atom is -0.492 e. The van der Waals surface area contributed by atoms with E-state index in [4.69, 9.17) is 4.74 Å². The molecule has 0 radical (unpaired) electrons. The number of aromatic nitrogens is 2. The molecule has 0 spiro atoms. The van der Waals surface area contributed by atoms with E-state index >= 15 is 0 Å². The van der Waals surface area contributed by atoms with E-state index in [0.717, 1.165) is 0 Å². The van der Waals surface area contributed by atoms with Crippen molar-refractivity contribution in [3.8, 4) is 5.88 Å². The first-order chi connectivity index (χ1) is 6.65. The summed E-state index contributed by atoms with van der Waals surface area (Å²) in [6, 6.07) is 0. The van der Waals surface area contributed by atoms with Crippen LogP contribution in [-0.2, 0) is 11.2 Å². The Balaban J connectivity index is 2.75. The lowest BCUT2D eigenvalue weighted by molar-refractivity contribution is 0.149. The van der Waals surface area contributed by atoms with Crippen molar-refractivity contribution in [1.82, 2.24) is 9.97 Å². The summed E-state index contributed by atoms with van der Waals surface area (Å²) >= 11 is 1.74. The number of halogens is 1. The predicted octanol–water partition coefficient (Wildman–Crippen LogP) is 0.659. The highest BCUT2D eigenvalue weighted by atomic mass is 127. The van der Waals surface area contributed by atoms with E-state index in [0.29, 0.717) is 25.5 Å². The predicted molar refractivity (Wildman–Crippen MR) is 59.4 cm³/mol. The summed E-state index contributed by atoms with van der Waals surface area (Å²) in [6.07, 6.45) is 0.494. The highest BCUT2D eigenvalue weighted by Gasteiger charge is 2.06. The van der Waals surface area contributed by atoms with Crippen LogP contribution >= 0.6 is 22.6 Å². The van der Waals surface area contributed by atoms with Crippen molar-refractivity contribution in [1.29, 1.82) is 0 Å². The normalized spacial score (nSPS) is 10.4. The molecule has 6 heteroatoms. The number of rotatable bonds is 4. The van der Waals surface area contributed by atoms with E-state index in [1.165, 1.54) is 0 Å². The maximum atomic E-state index is 11.2. The van der Waals surface area contributed by atoms with Gasteiger partial charge >= 0.3 is 0 Å². The molecule has 14 heavy (non-hydrogen) atoms. The summed E-state index contributed by atoms with van der Waals surface area (Å²) in [5.74, 6) is 0.224. The second kappa shape index (κ2) is 5.30. The molecule has 2 N–H and O–H groups in total. The van der Waals surface area contributed by atoms with Gasteiger partial charge in [-0.25, -0.2) is 0 Å². The van der Waals surface area contributed by atoms with Crippen molar-refractivity contribution in [3.63, 3.8) is 0 Å². The summed E-state index contributed by atoms with van der Waals surface area (Å²) in [5, 5.41) is 9.26. The van der Waals surface area contributed by atoms with Gasteiger partial charge in [-0.15, -0.1) is 0 Å². The van der Waals surface area contributed by atoms with Crippen LogP contribution in [0.3, 0.4) is 0 Å². The monoisotopic (exact) mass is 310 g/mol. The molecule has 0 aliphatic heterocycles. The fraction of sp³-hybridized carbons (Fsp3) is 0.500. The number of ether oxygens (including phenoxy) is 1. The number of nitrogens with one attached hydrogen (secondary N) is 1. The van der Waals surface area contributed by atoms with E-state index in [-0.39, 0.29) is 15.0 Å². The summed E-state index contributed by atoms with van der Waals surface area (Å²) in [4.78, 5) is 17.6. The van der Waals surface area contributed by atoms with Gasteiger partial charge in [-0.05, 0) is 29.5 Å². The van der Waals surface area contributed by atoms with Crippen LogP contribution in [0, 0.1) is 3.57 Å². The number of aromatic amines is 1. The third-order valence-corrected chi connectivity index (χ3v) is 2.55. The van der Waals surface area contributed by atoms with Gasteiger partial charge in [-0.2, -0.15) is 4.98 Å². The number of hydrogen-bond acceptors (Lipinski definition) is 4. The molecule has 0 unspecified atom stereocenters. The first-order valence-corrected chi connectivity index (χ1v) is 5.28. The lowest BCUT2D eigenvalue weighted by Gasteiger charge is -2.02. The Morgan fingerprint density at radius 2 is 2.36 bits per heavy atom. The minimum absolute atomic E-state index is 0.211. The smallest absolute Gasteiger partial charge is 0.268 e. The Bertz CT molecular complexity index is 364. The average molecular weight is 310 g/mol. The highest BCUT2D eigenvalue weighted by molar-refractivity contribution is 14.1. The van der Waals surface area contributed by atoms with Crippen LogP contribution in [0.4, 0.5) is 0 Å². The zero-order valence-corrected chi connectivity index (χ0v) is 9.87. The third-order valence-electron chi connectivity index (χ3n) is 1.58. The third kappa shape index (κ3) is 2.95. The van der Waals surface area contributed by atoms with E-state index in [1.807, 2.05) is 6.92 Å². The van der Waals surface area contributed by atoms with Crippen LogP contribution in [0.15, 0.2) is 4.79 Å². The lowest BCUT2D eigenvalue weighted by Crippen LogP contribution is -2.15. The van der Waals surface area contributed by atoms with Crippen molar-refractivity contribution in [2.24, 2.45) is 0 Å². The Kier molecular flexibility index (Phi) is 4.33. The topological polar surface area (TPSA) is 75.2 Å². The lowest BCUT2D eigenvalue weighted by atomic mass is 10.4. The maximum Gasteiger partial charge on any atom is 0.268 e. The van der Waals surface area contributed by atoms with Gasteiger partial charge in [0.25, 0.3) is 5.56 Å². The van der Waals surface area contributed by atoms with Crippen LogP contribution in [0.1, 0.15) is 12.7 Å². The molecule has 0 aromatic carbocycles. The van der Waals surface area contributed by atoms with Gasteiger partial charge in [-0.1, -0.05) is 0 Å². The molecule has 1 aromatic rings. The molecular formula is C8H11IN2O3. The van der Waals surface area contributed by atoms with Gasteiger partial charge in [0.1, 0.15) is 9.39 Å². The molecule has 0 aliphatic carbocycles. The standard InChI is InChI=1S/C8H11IN2O3/c1-2-14-4-3-5-10-7(12)6(9)8(13)11-5/h2-4H2,1H3,(H2,10,11,12,13). The molecule has 78 valence electrons. The highest BCUT2D eigenvalue weighted by Crippen LogP contribution is 2.10. The summed E-state index contributed by atoms with van der Waals surface area (Å²) in [7, 11) is 0. The second-order valence-corrected chi connectivity index (χ2v) is 3.68. The van der Waals surface area contributed by atoms with E-state index < -0.39 is 0 Å². The first-order valence-electron chi connectivity index (χ1n) is 4.20. The number of nitrogens with zero attached hydrogens (tertiary/aromatic N) is 1. The van der Waals surface area contributed by atoms with Gasteiger partial charge in [0.15, 0.2) is 0 Å². The van der Waals surface area contributed by atoms with Crippen molar-refractivity contribution in [2.75, 3.05) is 13.2 Å². The van der Waals surface area contributed by atoms with Crippen molar-refractivity contribution in [3.05, 3.63) is 19.7 Å². The van der Waals surface area contributed by atoms with E-state index in [2.05, 4.69) is 9.97 Å². The quantitative estimate of drug-likeness (QED) is 0.633. The minimum atomic E-state index is -0.315. The van der Waals surface area contributed by atoms with Crippen LogP contribution in [-0.4, -0.2) is 28.3 Å². The summed E-state index contributed by atoms with van der Waals surface area (Å²) in [5.41, 5.74) is -0.315. The first kappa shape index (κ1) is 11.4. The van der Waals surface area contributed by atoms with Crippen molar-refractivity contribution >= 4 is 22.6 Å². The molecule has 0 atom stereocenters. The molecule has 5 nitrogen and oxygen atoms in total. The fourth-order valence-electron chi connectivity index (χ4n) is 0.924. The van der Waals surface area contributed by atoms with Crippen LogP contribution in [0.5, 0.6) is 5.88 Å². The summed E-state index contributed by atoms with van der Waals surface area (Å²) in [6.45, 7) is 3.00. The second-order valence-electron chi connectivity index (χ2n) is 2.60.